The standard InChI is InChI=1S/C11H7Cl2N3O3S/c1-4-2-6(11(18)19)10(20-4)14-9(17)5-3-7(12)15-16-8(5)13/h2-3H,1H3,(H,14,17)(H,18,19). The molecule has 9 heteroatoms. The van der Waals surface area contributed by atoms with Gasteiger partial charge < -0.3 is 10.4 Å². The number of carbonyl (C=O) groups excluding carboxylic acids is 1. The van der Waals surface area contributed by atoms with E-state index < -0.39 is 11.9 Å². The third-order valence-corrected chi connectivity index (χ3v) is 3.71. The summed E-state index contributed by atoms with van der Waals surface area (Å²) < 4.78 is 0. The highest BCUT2D eigenvalue weighted by Gasteiger charge is 2.19. The van der Waals surface area contributed by atoms with Crippen molar-refractivity contribution in [3.8, 4) is 0 Å². The summed E-state index contributed by atoms with van der Waals surface area (Å²) in [5.41, 5.74) is 0.0409. The van der Waals surface area contributed by atoms with Gasteiger partial charge in [0.1, 0.15) is 5.00 Å². The molecule has 20 heavy (non-hydrogen) atoms. The van der Waals surface area contributed by atoms with Crippen molar-refractivity contribution in [3.63, 3.8) is 0 Å². The number of thiophene rings is 1. The summed E-state index contributed by atoms with van der Waals surface area (Å²) in [6.07, 6.45) is 0. The van der Waals surface area contributed by atoms with Gasteiger partial charge in [0.15, 0.2) is 10.3 Å². The van der Waals surface area contributed by atoms with E-state index in [1.165, 1.54) is 12.1 Å². The molecule has 6 nitrogen and oxygen atoms in total. The lowest BCUT2D eigenvalue weighted by molar-refractivity contribution is 0.0698. The minimum absolute atomic E-state index is 0.0142. The van der Waals surface area contributed by atoms with Gasteiger partial charge in [-0.15, -0.1) is 21.5 Å². The summed E-state index contributed by atoms with van der Waals surface area (Å²) in [7, 11) is 0. The van der Waals surface area contributed by atoms with Crippen molar-refractivity contribution in [2.75, 3.05) is 5.32 Å². The molecule has 0 aromatic carbocycles. The van der Waals surface area contributed by atoms with E-state index in [-0.39, 0.29) is 26.4 Å². The molecule has 0 fully saturated rings. The Balaban J connectivity index is 2.32. The fraction of sp³-hybridized carbons (Fsp3) is 0.0909. The van der Waals surface area contributed by atoms with Gasteiger partial charge in [0.2, 0.25) is 0 Å². The van der Waals surface area contributed by atoms with Crippen LogP contribution in [0.1, 0.15) is 25.6 Å². The number of rotatable bonds is 3. The summed E-state index contributed by atoms with van der Waals surface area (Å²) in [5, 5.41) is 18.7. The van der Waals surface area contributed by atoms with E-state index in [2.05, 4.69) is 15.5 Å². The van der Waals surface area contributed by atoms with Crippen LogP contribution in [0.2, 0.25) is 10.3 Å². The molecule has 0 aliphatic heterocycles. The Labute approximate surface area is 127 Å². The first kappa shape index (κ1) is 14.7. The molecule has 0 unspecified atom stereocenters. The Kier molecular flexibility index (Phi) is 4.22. The molecule has 0 saturated heterocycles. The van der Waals surface area contributed by atoms with Crippen LogP contribution < -0.4 is 5.32 Å². The van der Waals surface area contributed by atoms with Gasteiger partial charge in [0.25, 0.3) is 5.91 Å². The van der Waals surface area contributed by atoms with Gasteiger partial charge in [-0.2, -0.15) is 0 Å². The van der Waals surface area contributed by atoms with E-state index >= 15 is 0 Å². The van der Waals surface area contributed by atoms with Crippen LogP contribution in [0.5, 0.6) is 0 Å². The van der Waals surface area contributed by atoms with Gasteiger partial charge in [-0.1, -0.05) is 23.2 Å². The molecule has 0 aliphatic rings. The summed E-state index contributed by atoms with van der Waals surface area (Å²) in [4.78, 5) is 23.9. The average molecular weight is 332 g/mol. The van der Waals surface area contributed by atoms with Gasteiger partial charge in [0, 0.05) is 4.88 Å². The van der Waals surface area contributed by atoms with Crippen molar-refractivity contribution in [1.29, 1.82) is 0 Å². The Hall–Kier alpha value is -1.70. The third kappa shape index (κ3) is 3.06. The second-order valence-corrected chi connectivity index (χ2v) is 5.73. The summed E-state index contributed by atoms with van der Waals surface area (Å²) in [6.45, 7) is 1.74. The minimum atomic E-state index is -1.12. The zero-order valence-electron chi connectivity index (χ0n) is 9.98. The first-order valence-electron chi connectivity index (χ1n) is 5.22. The fourth-order valence-corrected chi connectivity index (χ4v) is 2.67. The van der Waals surface area contributed by atoms with Crippen LogP contribution in [0.4, 0.5) is 5.00 Å². The van der Waals surface area contributed by atoms with Gasteiger partial charge in [0.05, 0.1) is 11.1 Å². The molecule has 0 bridgehead atoms. The van der Waals surface area contributed by atoms with Crippen LogP contribution in [0.15, 0.2) is 12.1 Å². The number of anilines is 1. The number of aromatic carboxylic acids is 1. The molecule has 0 atom stereocenters. The average Bonchev–Trinajstić information content (AvgIpc) is 2.73. The van der Waals surface area contributed by atoms with Crippen LogP contribution in [-0.2, 0) is 0 Å². The molecule has 0 saturated carbocycles. The van der Waals surface area contributed by atoms with Gasteiger partial charge in [-0.05, 0) is 19.1 Å². The molecule has 0 spiro atoms. The van der Waals surface area contributed by atoms with Crippen LogP contribution >= 0.6 is 34.5 Å². The molecule has 2 aromatic heterocycles. The molecule has 0 aliphatic carbocycles. The molecule has 2 N–H and O–H groups in total. The SMILES string of the molecule is Cc1cc(C(=O)O)c(NC(=O)c2cc(Cl)nnc2Cl)s1. The third-order valence-electron chi connectivity index (χ3n) is 2.28. The van der Waals surface area contributed by atoms with Crippen LogP contribution in [0.25, 0.3) is 0 Å². The predicted octanol–water partition coefficient (Wildman–Crippen LogP) is 3.10. The number of aryl methyl sites for hydroxylation is 1. The monoisotopic (exact) mass is 331 g/mol. The lowest BCUT2D eigenvalue weighted by atomic mass is 10.2. The Morgan fingerprint density at radius 1 is 1.25 bits per heavy atom. The van der Waals surface area contributed by atoms with Crippen molar-refractivity contribution in [3.05, 3.63) is 38.4 Å². The van der Waals surface area contributed by atoms with E-state index in [4.69, 9.17) is 28.3 Å². The quantitative estimate of drug-likeness (QED) is 0.901. The van der Waals surface area contributed by atoms with Gasteiger partial charge in [-0.25, -0.2) is 4.79 Å². The van der Waals surface area contributed by atoms with E-state index in [9.17, 15) is 9.59 Å². The molecule has 2 rings (SSSR count). The molecule has 0 radical (unpaired) electrons. The number of nitrogens with one attached hydrogen (secondary N) is 1. The van der Waals surface area contributed by atoms with E-state index in [0.29, 0.717) is 0 Å². The molecule has 2 heterocycles. The van der Waals surface area contributed by atoms with Crippen molar-refractivity contribution in [2.24, 2.45) is 0 Å². The van der Waals surface area contributed by atoms with Crippen LogP contribution in [0, 0.1) is 6.92 Å². The highest BCUT2D eigenvalue weighted by molar-refractivity contribution is 7.16. The van der Waals surface area contributed by atoms with E-state index in [0.717, 1.165) is 16.2 Å². The molecule has 2 aromatic rings. The number of nitrogens with zero attached hydrogens (tertiary/aromatic N) is 2. The van der Waals surface area contributed by atoms with Crippen LogP contribution in [0.3, 0.4) is 0 Å². The van der Waals surface area contributed by atoms with Crippen LogP contribution in [-0.4, -0.2) is 27.2 Å². The van der Waals surface area contributed by atoms with Crippen molar-refractivity contribution >= 4 is 51.4 Å². The topological polar surface area (TPSA) is 92.2 Å². The maximum Gasteiger partial charge on any atom is 0.338 e. The number of amides is 1. The lowest BCUT2D eigenvalue weighted by Gasteiger charge is -2.05. The largest absolute Gasteiger partial charge is 0.478 e. The fourth-order valence-electron chi connectivity index (χ4n) is 1.45. The number of aromatic nitrogens is 2. The second-order valence-electron chi connectivity index (χ2n) is 3.73. The van der Waals surface area contributed by atoms with Crippen molar-refractivity contribution < 1.29 is 14.7 Å². The highest BCUT2D eigenvalue weighted by atomic mass is 35.5. The number of halogens is 2. The maximum atomic E-state index is 12.1. The highest BCUT2D eigenvalue weighted by Crippen LogP contribution is 2.28. The lowest BCUT2D eigenvalue weighted by Crippen LogP contribution is -2.14. The smallest absolute Gasteiger partial charge is 0.338 e. The maximum absolute atomic E-state index is 12.1. The Bertz CT molecular complexity index is 702. The minimum Gasteiger partial charge on any atom is -0.478 e. The predicted molar refractivity (Wildman–Crippen MR) is 76.0 cm³/mol. The zero-order valence-corrected chi connectivity index (χ0v) is 12.3. The Morgan fingerprint density at radius 3 is 2.60 bits per heavy atom. The van der Waals surface area contributed by atoms with E-state index in [1.807, 2.05) is 0 Å². The number of hydrogen-bond donors (Lipinski definition) is 2. The first-order chi connectivity index (χ1) is 9.38. The molecule has 1 amide bonds. The van der Waals surface area contributed by atoms with E-state index in [1.54, 1.807) is 6.92 Å². The number of carboxylic acids is 1. The second kappa shape index (κ2) is 5.74. The number of hydrogen-bond acceptors (Lipinski definition) is 5. The molecular weight excluding hydrogens is 325 g/mol. The summed E-state index contributed by atoms with van der Waals surface area (Å²) in [6, 6.07) is 2.73. The summed E-state index contributed by atoms with van der Waals surface area (Å²) >= 11 is 12.6. The van der Waals surface area contributed by atoms with Gasteiger partial charge >= 0.3 is 5.97 Å². The van der Waals surface area contributed by atoms with Crippen molar-refractivity contribution in [1.82, 2.24) is 10.2 Å². The molecular formula is C11H7Cl2N3O3S. The zero-order chi connectivity index (χ0) is 14.9. The Morgan fingerprint density at radius 2 is 1.95 bits per heavy atom. The van der Waals surface area contributed by atoms with Gasteiger partial charge in [-0.3, -0.25) is 4.79 Å². The normalized spacial score (nSPS) is 10.3. The number of carbonyl (C=O) groups is 2. The summed E-state index contributed by atoms with van der Waals surface area (Å²) in [5.74, 6) is -1.72. The van der Waals surface area contributed by atoms with Crippen molar-refractivity contribution in [2.45, 2.75) is 6.92 Å². The molecule has 104 valence electrons. The number of carboxylic acid groups (broad SMARTS) is 1. The first-order valence-corrected chi connectivity index (χ1v) is 6.79.